The zero-order valence-corrected chi connectivity index (χ0v) is 10.6. The molecule has 1 aliphatic heterocycles. The molecule has 3 unspecified atom stereocenters. The summed E-state index contributed by atoms with van der Waals surface area (Å²) in [5, 5.41) is 4.01. The van der Waals surface area contributed by atoms with E-state index in [0.717, 1.165) is 17.8 Å². The van der Waals surface area contributed by atoms with Gasteiger partial charge in [0.2, 0.25) is 0 Å². The fourth-order valence-electron chi connectivity index (χ4n) is 6.46. The molecular weight excluding hydrogens is 194 g/mol. The zero-order valence-electron chi connectivity index (χ0n) is 10.6. The molecule has 4 aliphatic carbocycles. The van der Waals surface area contributed by atoms with Crippen LogP contribution < -0.4 is 5.32 Å². The Balaban J connectivity index is 1.80. The summed E-state index contributed by atoms with van der Waals surface area (Å²) in [6.45, 7) is 3.77. The van der Waals surface area contributed by atoms with Crippen LogP contribution in [0.3, 0.4) is 0 Å². The van der Waals surface area contributed by atoms with Gasteiger partial charge in [-0.3, -0.25) is 0 Å². The van der Waals surface area contributed by atoms with Gasteiger partial charge in [-0.1, -0.05) is 6.92 Å². The van der Waals surface area contributed by atoms with Gasteiger partial charge in [0.15, 0.2) is 0 Å². The smallest absolute Gasteiger partial charge is 0.0266 e. The van der Waals surface area contributed by atoms with Crippen LogP contribution in [0.25, 0.3) is 0 Å². The monoisotopic (exact) mass is 219 g/mol. The van der Waals surface area contributed by atoms with Crippen LogP contribution in [0.1, 0.15) is 58.3 Å². The van der Waals surface area contributed by atoms with Crippen molar-refractivity contribution < 1.29 is 0 Å². The molecule has 5 fully saturated rings. The fraction of sp³-hybridized carbons (Fsp3) is 1.00. The number of hydrogen-bond donors (Lipinski definition) is 1. The minimum absolute atomic E-state index is 0.592. The van der Waals surface area contributed by atoms with Crippen molar-refractivity contribution in [2.45, 2.75) is 63.8 Å². The van der Waals surface area contributed by atoms with E-state index >= 15 is 0 Å². The lowest BCUT2D eigenvalue weighted by Crippen LogP contribution is -2.68. The maximum absolute atomic E-state index is 4.01. The highest BCUT2D eigenvalue weighted by Gasteiger charge is 2.64. The molecule has 3 atom stereocenters. The molecule has 0 radical (unpaired) electrons. The van der Waals surface area contributed by atoms with Gasteiger partial charge in [0.05, 0.1) is 0 Å². The van der Waals surface area contributed by atoms with E-state index in [1.807, 2.05) is 0 Å². The lowest BCUT2D eigenvalue weighted by atomic mass is 9.41. The summed E-state index contributed by atoms with van der Waals surface area (Å²) in [7, 11) is 0. The molecule has 5 aliphatic rings. The van der Waals surface area contributed by atoms with Gasteiger partial charge in [0, 0.05) is 5.54 Å². The van der Waals surface area contributed by atoms with E-state index in [0.29, 0.717) is 11.0 Å². The van der Waals surface area contributed by atoms with Crippen molar-refractivity contribution in [1.82, 2.24) is 5.32 Å². The molecule has 0 aromatic rings. The lowest BCUT2D eigenvalue weighted by molar-refractivity contribution is -0.137. The topological polar surface area (TPSA) is 12.0 Å². The van der Waals surface area contributed by atoms with Gasteiger partial charge in [0.1, 0.15) is 0 Å². The zero-order chi connectivity index (χ0) is 10.8. The van der Waals surface area contributed by atoms with E-state index < -0.39 is 0 Å². The van der Waals surface area contributed by atoms with Crippen molar-refractivity contribution in [2.75, 3.05) is 6.54 Å². The van der Waals surface area contributed by atoms with Gasteiger partial charge in [-0.2, -0.15) is 0 Å². The molecule has 4 bridgehead atoms. The Kier molecular flexibility index (Phi) is 1.89. The molecule has 0 amide bonds. The third kappa shape index (κ3) is 0.978. The summed E-state index contributed by atoms with van der Waals surface area (Å²) < 4.78 is 0. The van der Waals surface area contributed by atoms with Crippen molar-refractivity contribution >= 4 is 0 Å². The van der Waals surface area contributed by atoms with Gasteiger partial charge >= 0.3 is 0 Å². The van der Waals surface area contributed by atoms with Crippen LogP contribution in [0.4, 0.5) is 0 Å². The molecule has 0 aromatic carbocycles. The predicted octanol–water partition coefficient (Wildman–Crippen LogP) is 3.34. The molecule has 90 valence electrons. The summed E-state index contributed by atoms with van der Waals surface area (Å²) in [5.41, 5.74) is 1.30. The van der Waals surface area contributed by atoms with E-state index in [4.69, 9.17) is 0 Å². The van der Waals surface area contributed by atoms with Crippen molar-refractivity contribution in [2.24, 2.45) is 23.2 Å². The SMILES string of the molecule is CCC12CC3CC(CC(C3)C13CCCN3)C2. The Morgan fingerprint density at radius 2 is 1.88 bits per heavy atom. The van der Waals surface area contributed by atoms with E-state index in [9.17, 15) is 0 Å². The first-order valence-electron chi connectivity index (χ1n) is 7.53. The third-order valence-corrected chi connectivity index (χ3v) is 6.77. The lowest BCUT2D eigenvalue weighted by Gasteiger charge is -2.67. The average Bonchev–Trinajstić information content (AvgIpc) is 2.76. The molecule has 1 saturated heterocycles. The summed E-state index contributed by atoms with van der Waals surface area (Å²) in [4.78, 5) is 0. The summed E-state index contributed by atoms with van der Waals surface area (Å²) in [6, 6.07) is 0. The van der Waals surface area contributed by atoms with Gasteiger partial charge in [0.25, 0.3) is 0 Å². The van der Waals surface area contributed by atoms with E-state index in [1.165, 1.54) is 25.8 Å². The Labute approximate surface area is 99.4 Å². The largest absolute Gasteiger partial charge is 0.310 e. The maximum Gasteiger partial charge on any atom is 0.0266 e. The van der Waals surface area contributed by atoms with E-state index in [-0.39, 0.29) is 0 Å². The average molecular weight is 219 g/mol. The second-order valence-corrected chi connectivity index (χ2v) is 7.18. The van der Waals surface area contributed by atoms with Crippen molar-refractivity contribution in [3.63, 3.8) is 0 Å². The van der Waals surface area contributed by atoms with E-state index in [1.54, 1.807) is 32.1 Å². The second kappa shape index (κ2) is 3.04. The summed E-state index contributed by atoms with van der Waals surface area (Å²) in [6.07, 6.45) is 12.2. The molecule has 1 heteroatoms. The first-order valence-corrected chi connectivity index (χ1v) is 7.53. The van der Waals surface area contributed by atoms with Crippen LogP contribution in [0.2, 0.25) is 0 Å². The minimum Gasteiger partial charge on any atom is -0.310 e. The Morgan fingerprint density at radius 3 is 2.44 bits per heavy atom. The molecule has 0 aromatic heterocycles. The Morgan fingerprint density at radius 1 is 1.12 bits per heavy atom. The van der Waals surface area contributed by atoms with Gasteiger partial charge in [-0.15, -0.1) is 0 Å². The van der Waals surface area contributed by atoms with Gasteiger partial charge in [-0.05, 0) is 81.1 Å². The first kappa shape index (κ1) is 9.94. The molecular formula is C15H25N. The first-order chi connectivity index (χ1) is 7.78. The number of rotatable bonds is 1. The van der Waals surface area contributed by atoms with Crippen molar-refractivity contribution in [3.8, 4) is 0 Å². The molecule has 5 rings (SSSR count). The van der Waals surface area contributed by atoms with Crippen LogP contribution in [0.5, 0.6) is 0 Å². The van der Waals surface area contributed by atoms with Crippen LogP contribution in [-0.4, -0.2) is 12.1 Å². The highest BCUT2D eigenvalue weighted by Crippen LogP contribution is 2.67. The normalized spacial score (nSPS) is 58.7. The molecule has 1 nitrogen and oxygen atoms in total. The van der Waals surface area contributed by atoms with Gasteiger partial charge in [-0.25, -0.2) is 0 Å². The third-order valence-electron chi connectivity index (χ3n) is 6.77. The van der Waals surface area contributed by atoms with Crippen molar-refractivity contribution in [3.05, 3.63) is 0 Å². The molecule has 1 spiro atoms. The Bertz CT molecular complexity index is 289. The van der Waals surface area contributed by atoms with Crippen molar-refractivity contribution in [1.29, 1.82) is 0 Å². The predicted molar refractivity (Wildman–Crippen MR) is 66.2 cm³/mol. The van der Waals surface area contributed by atoms with Gasteiger partial charge < -0.3 is 5.32 Å². The maximum atomic E-state index is 4.01. The molecule has 1 heterocycles. The quantitative estimate of drug-likeness (QED) is 0.713. The van der Waals surface area contributed by atoms with Crippen LogP contribution in [-0.2, 0) is 0 Å². The fourth-order valence-corrected chi connectivity index (χ4v) is 6.46. The summed E-state index contributed by atoms with van der Waals surface area (Å²) in [5.74, 6) is 3.25. The van der Waals surface area contributed by atoms with Crippen LogP contribution in [0.15, 0.2) is 0 Å². The molecule has 4 saturated carbocycles. The molecule has 16 heavy (non-hydrogen) atoms. The number of hydrogen-bond acceptors (Lipinski definition) is 1. The standard InChI is InChI=1S/C15H25N/c1-2-14-9-11-6-12(10-14)8-13(7-11)15(14)4-3-5-16-15/h11-13,16H,2-10H2,1H3. The minimum atomic E-state index is 0.592. The van der Waals surface area contributed by atoms with Crippen LogP contribution >= 0.6 is 0 Å². The highest BCUT2D eigenvalue weighted by molar-refractivity contribution is 5.19. The molecule has 1 N–H and O–H groups in total. The van der Waals surface area contributed by atoms with E-state index in [2.05, 4.69) is 12.2 Å². The summed E-state index contributed by atoms with van der Waals surface area (Å²) >= 11 is 0. The van der Waals surface area contributed by atoms with Crippen LogP contribution in [0, 0.1) is 23.2 Å². The Hall–Kier alpha value is -0.0400. The number of nitrogens with one attached hydrogen (secondary N) is 1. The second-order valence-electron chi connectivity index (χ2n) is 7.18. The highest BCUT2D eigenvalue weighted by atomic mass is 15.1.